The number of aromatic carboxylic acids is 2. The zero-order chi connectivity index (χ0) is 24.9. The molecule has 0 fully saturated rings. The third-order valence-corrected chi connectivity index (χ3v) is 6.94. The lowest BCUT2D eigenvalue weighted by atomic mass is 10.2. The molecule has 0 spiro atoms. The minimum absolute atomic E-state index is 0.0775. The van der Waals surface area contributed by atoms with E-state index in [0.717, 1.165) is 0 Å². The van der Waals surface area contributed by atoms with Crippen molar-refractivity contribution < 1.29 is 28.5 Å². The van der Waals surface area contributed by atoms with E-state index in [9.17, 15) is 13.8 Å². The Hall–Kier alpha value is -2.51. The van der Waals surface area contributed by atoms with E-state index >= 15 is 0 Å². The van der Waals surface area contributed by atoms with Gasteiger partial charge < -0.3 is 14.7 Å². The van der Waals surface area contributed by atoms with Gasteiger partial charge in [0, 0.05) is 0 Å². The molecule has 2 N–H and O–H groups in total. The fourth-order valence-corrected chi connectivity index (χ4v) is 5.65. The van der Waals surface area contributed by atoms with Crippen molar-refractivity contribution in [1.82, 2.24) is 0 Å². The van der Waals surface area contributed by atoms with Crippen LogP contribution in [0.1, 0.15) is 74.1 Å². The van der Waals surface area contributed by atoms with Crippen molar-refractivity contribution >= 4 is 22.7 Å². The normalized spacial score (nSPS) is 11.1. The summed E-state index contributed by atoms with van der Waals surface area (Å²) in [6, 6.07) is 11.7. The number of rotatable bonds is 12. The second kappa shape index (κ2) is 14.6. The first-order valence-corrected chi connectivity index (χ1v) is 12.8. The fraction of sp³-hybridized carbons (Fsp3) is 0.462. The van der Waals surface area contributed by atoms with E-state index in [1.165, 1.54) is 92.7 Å². The van der Waals surface area contributed by atoms with Crippen molar-refractivity contribution in [2.75, 3.05) is 26.2 Å². The number of carboxylic acids is 2. The molecule has 0 saturated carbocycles. The van der Waals surface area contributed by atoms with Crippen LogP contribution >= 0.6 is 0 Å². The molecule has 0 atom stereocenters. The number of hydrogen-bond donors (Lipinski definition) is 2. The molecular weight excluding hydrogens is 438 g/mol. The van der Waals surface area contributed by atoms with Gasteiger partial charge in [-0.3, -0.25) is 0 Å². The van der Waals surface area contributed by atoms with Crippen molar-refractivity contribution in [2.45, 2.75) is 63.2 Å². The summed E-state index contributed by atoms with van der Waals surface area (Å²) < 4.78 is 13.9. The number of quaternary nitrogens is 1. The van der Waals surface area contributed by atoms with Crippen LogP contribution in [0.25, 0.3) is 0 Å². The van der Waals surface area contributed by atoms with Crippen LogP contribution < -0.4 is 0 Å². The summed E-state index contributed by atoms with van der Waals surface area (Å²) in [7, 11) is -1.87. The molecule has 33 heavy (non-hydrogen) atoms. The smallest absolute Gasteiger partial charge is 0.336 e. The van der Waals surface area contributed by atoms with Crippen LogP contribution in [0, 0.1) is 0 Å². The molecule has 0 aliphatic heterocycles. The molecule has 6 nitrogen and oxygen atoms in total. The van der Waals surface area contributed by atoms with Crippen LogP contribution in [-0.2, 0) is 10.8 Å². The van der Waals surface area contributed by atoms with Gasteiger partial charge in [-0.15, -0.1) is 0 Å². The number of nitrogens with zero attached hydrogens (tertiary/aromatic N) is 1. The molecule has 0 bridgehead atoms. The quantitative estimate of drug-likeness (QED) is 0.384. The number of hydrogen-bond acceptors (Lipinski definition) is 3. The first-order chi connectivity index (χ1) is 15.8. The Bertz CT molecular complexity index is 839. The monoisotopic (exact) mass is 476 g/mol. The maximum Gasteiger partial charge on any atom is 0.336 e. The fourth-order valence-electron chi connectivity index (χ4n) is 4.30. The van der Waals surface area contributed by atoms with E-state index in [-0.39, 0.29) is 20.9 Å². The molecule has 0 aliphatic carbocycles. The minimum atomic E-state index is -1.87. The largest absolute Gasteiger partial charge is 0.478 e. The summed E-state index contributed by atoms with van der Waals surface area (Å²) >= 11 is 0. The van der Waals surface area contributed by atoms with Crippen molar-refractivity contribution in [3.8, 4) is 0 Å². The van der Waals surface area contributed by atoms with Crippen LogP contribution in [0.2, 0.25) is 0 Å². The highest BCUT2D eigenvalue weighted by molar-refractivity contribution is 7.85. The lowest BCUT2D eigenvalue weighted by Crippen LogP contribution is -2.50. The highest BCUT2D eigenvalue weighted by Gasteiger charge is 2.23. The predicted octanol–water partition coefficient (Wildman–Crippen LogP) is 5.69. The summed E-state index contributed by atoms with van der Waals surface area (Å²) in [5.74, 6) is -2.41. The number of carboxylic acid groups (broad SMARTS) is 2. The van der Waals surface area contributed by atoms with Gasteiger partial charge in [-0.25, -0.2) is 13.8 Å². The molecule has 182 valence electrons. The molecule has 0 aromatic heterocycles. The van der Waals surface area contributed by atoms with Crippen LogP contribution in [0.4, 0.5) is 0 Å². The van der Waals surface area contributed by atoms with Crippen LogP contribution in [-0.4, -0.2) is 57.0 Å². The van der Waals surface area contributed by atoms with Crippen molar-refractivity contribution in [2.24, 2.45) is 0 Å². The first-order valence-electron chi connectivity index (χ1n) is 11.7. The first kappa shape index (κ1) is 28.5. The summed E-state index contributed by atoms with van der Waals surface area (Å²) in [6.45, 7) is 14.8. The summed E-state index contributed by atoms with van der Waals surface area (Å²) in [4.78, 5) is 22.4. The van der Waals surface area contributed by atoms with Crippen molar-refractivity contribution in [3.05, 3.63) is 59.7 Å². The Kier molecular flexibility index (Phi) is 12.6. The van der Waals surface area contributed by atoms with E-state index in [4.69, 9.17) is 10.2 Å². The van der Waals surface area contributed by atoms with Gasteiger partial charge in [-0.2, -0.15) is 0 Å². The summed E-state index contributed by atoms with van der Waals surface area (Å²) in [6.07, 6.45) is 5.33. The van der Waals surface area contributed by atoms with Crippen LogP contribution in [0.3, 0.4) is 0 Å². The third kappa shape index (κ3) is 8.41. The molecule has 0 heterocycles. The summed E-state index contributed by atoms with van der Waals surface area (Å²) in [5.41, 5.74) is -0.211. The Labute approximate surface area is 200 Å². The Balaban J connectivity index is 0.000000366. The van der Waals surface area contributed by atoms with Gasteiger partial charge in [0.2, 0.25) is 0 Å². The third-order valence-electron chi connectivity index (χ3n) is 5.43. The van der Waals surface area contributed by atoms with Crippen molar-refractivity contribution in [1.29, 1.82) is 0 Å². The Morgan fingerprint density at radius 1 is 0.667 bits per heavy atom. The molecule has 2 aromatic rings. The van der Waals surface area contributed by atoms with Gasteiger partial charge >= 0.3 is 11.9 Å². The maximum atomic E-state index is 12.5. The Morgan fingerprint density at radius 3 is 1.24 bits per heavy atom. The molecule has 0 aliphatic rings. The zero-order valence-corrected chi connectivity index (χ0v) is 21.1. The maximum absolute atomic E-state index is 12.5. The second-order valence-electron chi connectivity index (χ2n) is 8.11. The van der Waals surface area contributed by atoms with Gasteiger partial charge in [0.1, 0.15) is 0 Å². The van der Waals surface area contributed by atoms with Gasteiger partial charge in [0.05, 0.1) is 57.9 Å². The lowest BCUT2D eigenvalue weighted by Gasteiger charge is -2.38. The average molecular weight is 477 g/mol. The van der Waals surface area contributed by atoms with Gasteiger partial charge in [-0.05, 0) is 49.9 Å². The zero-order valence-electron chi connectivity index (χ0n) is 20.3. The lowest BCUT2D eigenvalue weighted by molar-refractivity contribution is -0.928. The number of carbonyl (C=O) groups is 2. The van der Waals surface area contributed by atoms with E-state index < -0.39 is 22.7 Å². The minimum Gasteiger partial charge on any atom is -0.478 e. The van der Waals surface area contributed by atoms with Crippen LogP contribution in [0.15, 0.2) is 58.3 Å². The van der Waals surface area contributed by atoms with Gasteiger partial charge in [-0.1, -0.05) is 52.0 Å². The SMILES string of the molecule is CCC[N+](CCC)(CCC)CCC.O=C(O)c1ccccc1S(=O)c1ccccc1C(=O)O. The molecule has 2 aromatic carbocycles. The molecule has 0 saturated heterocycles. The van der Waals surface area contributed by atoms with Crippen molar-refractivity contribution in [3.63, 3.8) is 0 Å². The van der Waals surface area contributed by atoms with Gasteiger partial charge in [0.15, 0.2) is 0 Å². The molecule has 0 amide bonds. The van der Waals surface area contributed by atoms with Gasteiger partial charge in [0.25, 0.3) is 0 Å². The van der Waals surface area contributed by atoms with E-state index in [2.05, 4.69) is 27.7 Å². The highest BCUT2D eigenvalue weighted by Crippen LogP contribution is 2.23. The van der Waals surface area contributed by atoms with E-state index in [1.807, 2.05) is 0 Å². The highest BCUT2D eigenvalue weighted by atomic mass is 32.2. The predicted molar refractivity (Wildman–Crippen MR) is 132 cm³/mol. The second-order valence-corrected chi connectivity index (χ2v) is 9.52. The molecule has 0 unspecified atom stereocenters. The van der Waals surface area contributed by atoms with E-state index in [0.29, 0.717) is 0 Å². The molecule has 0 radical (unpaired) electrons. The molecular formula is C26H38NO5S+. The average Bonchev–Trinajstić information content (AvgIpc) is 2.79. The van der Waals surface area contributed by atoms with E-state index in [1.54, 1.807) is 12.1 Å². The summed E-state index contributed by atoms with van der Waals surface area (Å²) in [5, 5.41) is 18.2. The Morgan fingerprint density at radius 2 is 0.970 bits per heavy atom. The molecule has 2 rings (SSSR count). The molecule has 7 heteroatoms. The topological polar surface area (TPSA) is 91.7 Å². The standard InChI is InChI=1S/C14H10O5S.C12H28N/c15-13(16)9-5-1-3-7-11(9)20(19)12-8-4-2-6-10(12)14(17)18;1-5-9-13(10-6-2,11-7-3)12-8-4/h1-8H,(H,15,16)(H,17,18);5-12H2,1-4H3/q;+1. The number of benzene rings is 2. The van der Waals surface area contributed by atoms with Crippen LogP contribution in [0.5, 0.6) is 0 Å².